The summed E-state index contributed by atoms with van der Waals surface area (Å²) in [5.41, 5.74) is 6.30. The van der Waals surface area contributed by atoms with Crippen LogP contribution < -0.4 is 4.74 Å². The minimum atomic E-state index is -3.68. The highest BCUT2D eigenvalue weighted by atomic mass is 32.2. The molecule has 1 heterocycles. The summed E-state index contributed by atoms with van der Waals surface area (Å²) in [4.78, 5) is 0.295. The number of methoxy groups -OCH3 is 1. The van der Waals surface area contributed by atoms with E-state index in [1.54, 1.807) is 25.4 Å². The first-order chi connectivity index (χ1) is 15.4. The summed E-state index contributed by atoms with van der Waals surface area (Å²) in [6.07, 6.45) is 4.42. The highest BCUT2D eigenvalue weighted by molar-refractivity contribution is 7.89. The van der Waals surface area contributed by atoms with Crippen LogP contribution >= 0.6 is 0 Å². The molecule has 0 spiro atoms. The number of sulfonamides is 1. The Balaban J connectivity index is 1.77. The summed E-state index contributed by atoms with van der Waals surface area (Å²) >= 11 is 0. The molecule has 0 unspecified atom stereocenters. The van der Waals surface area contributed by atoms with Gasteiger partial charge in [-0.2, -0.15) is 0 Å². The van der Waals surface area contributed by atoms with E-state index in [4.69, 9.17) is 4.74 Å². The molecule has 0 saturated carbocycles. The second kappa shape index (κ2) is 9.05. The predicted molar refractivity (Wildman–Crippen MR) is 130 cm³/mol. The number of rotatable bonds is 5. The molecule has 0 atom stereocenters. The van der Waals surface area contributed by atoms with Gasteiger partial charge < -0.3 is 4.74 Å². The first-order valence-electron chi connectivity index (χ1n) is 10.6. The number of allylic oxidation sites excluding steroid dienone is 2. The Morgan fingerprint density at radius 1 is 0.750 bits per heavy atom. The maximum atomic E-state index is 13.4. The van der Waals surface area contributed by atoms with Crippen LogP contribution in [0, 0.1) is 13.8 Å². The highest BCUT2D eigenvalue weighted by Gasteiger charge is 2.24. The van der Waals surface area contributed by atoms with Crippen molar-refractivity contribution in [3.63, 3.8) is 0 Å². The summed E-state index contributed by atoms with van der Waals surface area (Å²) in [7, 11) is -2.03. The van der Waals surface area contributed by atoms with E-state index in [-0.39, 0.29) is 6.54 Å². The Bertz CT molecular complexity index is 1250. The van der Waals surface area contributed by atoms with Crippen molar-refractivity contribution in [2.75, 3.05) is 13.7 Å². The van der Waals surface area contributed by atoms with Crippen LogP contribution in [0.2, 0.25) is 0 Å². The third-order valence-corrected chi connectivity index (χ3v) is 7.45. The molecule has 1 aliphatic heterocycles. The van der Waals surface area contributed by atoms with Crippen LogP contribution in [0.25, 0.3) is 11.1 Å². The largest absolute Gasteiger partial charge is 0.497 e. The van der Waals surface area contributed by atoms with Gasteiger partial charge in [0.2, 0.25) is 0 Å². The molecule has 0 aromatic heterocycles. The molecule has 0 bridgehead atoms. The standard InChI is InChI=1S/C27H27NO3S/c1-20-4-8-23(9-5-20)25-18-24(22-10-12-26(31-3)13-11-22)16-17-28(19-25)32(29,30)27-14-6-21(2)7-15-27/h4-16,19H,17-18H2,1-3H3. The first-order valence-corrected chi connectivity index (χ1v) is 12.0. The molecule has 4 rings (SSSR count). The summed E-state index contributed by atoms with van der Waals surface area (Å²) in [6.45, 7) is 4.26. The van der Waals surface area contributed by atoms with Crippen LogP contribution in [0.4, 0.5) is 0 Å². The minimum Gasteiger partial charge on any atom is -0.497 e. The van der Waals surface area contributed by atoms with Crippen molar-refractivity contribution in [2.24, 2.45) is 0 Å². The Labute approximate surface area is 190 Å². The van der Waals surface area contributed by atoms with Gasteiger partial charge in [-0.15, -0.1) is 0 Å². The Kier molecular flexibility index (Phi) is 6.19. The Morgan fingerprint density at radius 3 is 1.88 bits per heavy atom. The van der Waals surface area contributed by atoms with Crippen LogP contribution in [0.5, 0.6) is 5.75 Å². The van der Waals surface area contributed by atoms with Gasteiger partial charge in [-0.05, 0) is 66.8 Å². The molecule has 0 fully saturated rings. The molecular weight excluding hydrogens is 418 g/mol. The Hall–Kier alpha value is -3.31. The Morgan fingerprint density at radius 2 is 1.28 bits per heavy atom. The van der Waals surface area contributed by atoms with E-state index in [1.165, 1.54) is 4.31 Å². The van der Waals surface area contributed by atoms with Crippen LogP contribution in [0.1, 0.15) is 28.7 Å². The normalized spacial score (nSPS) is 14.4. The maximum absolute atomic E-state index is 13.4. The molecule has 0 saturated heterocycles. The van der Waals surface area contributed by atoms with E-state index in [0.717, 1.165) is 39.1 Å². The smallest absolute Gasteiger partial charge is 0.264 e. The molecule has 0 N–H and O–H groups in total. The van der Waals surface area contributed by atoms with Crippen molar-refractivity contribution in [3.05, 3.63) is 107 Å². The van der Waals surface area contributed by atoms with Crippen molar-refractivity contribution in [1.82, 2.24) is 4.31 Å². The number of hydrogen-bond acceptors (Lipinski definition) is 3. The van der Waals surface area contributed by atoms with Gasteiger partial charge in [-0.1, -0.05) is 65.7 Å². The first kappa shape index (κ1) is 21.9. The second-order valence-electron chi connectivity index (χ2n) is 8.04. The highest BCUT2D eigenvalue weighted by Crippen LogP contribution is 2.33. The monoisotopic (exact) mass is 445 g/mol. The van der Waals surface area contributed by atoms with Crippen molar-refractivity contribution in [2.45, 2.75) is 25.2 Å². The molecule has 3 aromatic carbocycles. The number of hydrogen-bond donors (Lipinski definition) is 0. The third-order valence-electron chi connectivity index (χ3n) is 5.71. The lowest BCUT2D eigenvalue weighted by atomic mass is 9.94. The van der Waals surface area contributed by atoms with E-state index in [1.807, 2.05) is 56.3 Å². The zero-order valence-electron chi connectivity index (χ0n) is 18.6. The van der Waals surface area contributed by atoms with Crippen LogP contribution in [0.3, 0.4) is 0 Å². The van der Waals surface area contributed by atoms with Gasteiger partial charge >= 0.3 is 0 Å². The van der Waals surface area contributed by atoms with Crippen molar-refractivity contribution >= 4 is 21.2 Å². The van der Waals surface area contributed by atoms with Crippen LogP contribution in [0.15, 0.2) is 90.0 Å². The molecule has 0 aliphatic carbocycles. The fourth-order valence-corrected chi connectivity index (χ4v) is 5.02. The summed E-state index contributed by atoms with van der Waals surface area (Å²) < 4.78 is 33.6. The van der Waals surface area contributed by atoms with Crippen molar-refractivity contribution in [3.8, 4) is 5.75 Å². The van der Waals surface area contributed by atoms with E-state index in [2.05, 4.69) is 24.3 Å². The number of nitrogens with zero attached hydrogens (tertiary/aromatic N) is 1. The molecule has 32 heavy (non-hydrogen) atoms. The number of ether oxygens (including phenoxy) is 1. The minimum absolute atomic E-state index is 0.271. The van der Waals surface area contributed by atoms with Gasteiger partial charge in [0, 0.05) is 6.20 Å². The second-order valence-corrected chi connectivity index (χ2v) is 9.93. The molecule has 164 valence electrons. The van der Waals surface area contributed by atoms with Gasteiger partial charge in [0.15, 0.2) is 0 Å². The lowest BCUT2D eigenvalue weighted by Gasteiger charge is -2.19. The fraction of sp³-hybridized carbons (Fsp3) is 0.185. The molecule has 0 amide bonds. The fourth-order valence-electron chi connectivity index (χ4n) is 3.73. The van der Waals surface area contributed by atoms with Crippen LogP contribution in [-0.4, -0.2) is 26.4 Å². The lowest BCUT2D eigenvalue weighted by molar-refractivity contribution is 0.415. The zero-order chi connectivity index (χ0) is 22.7. The molecule has 4 nitrogen and oxygen atoms in total. The summed E-state index contributed by atoms with van der Waals surface area (Å²) in [5, 5.41) is 0. The van der Waals surface area contributed by atoms with Gasteiger partial charge in [-0.25, -0.2) is 8.42 Å². The summed E-state index contributed by atoms with van der Waals surface area (Å²) in [5.74, 6) is 0.792. The lowest BCUT2D eigenvalue weighted by Crippen LogP contribution is -2.26. The number of benzene rings is 3. The molecule has 0 radical (unpaired) electrons. The third kappa shape index (κ3) is 4.63. The van der Waals surface area contributed by atoms with Crippen molar-refractivity contribution < 1.29 is 13.2 Å². The van der Waals surface area contributed by atoms with Gasteiger partial charge in [0.1, 0.15) is 5.75 Å². The molecule has 1 aliphatic rings. The SMILES string of the molecule is COc1ccc(C2=CCN(S(=O)(=O)c3ccc(C)cc3)C=C(c3ccc(C)cc3)C2)cc1. The molecular formula is C27H27NO3S. The maximum Gasteiger partial charge on any atom is 0.264 e. The number of aryl methyl sites for hydroxylation is 2. The van der Waals surface area contributed by atoms with Gasteiger partial charge in [0.05, 0.1) is 18.6 Å². The van der Waals surface area contributed by atoms with Gasteiger partial charge in [-0.3, -0.25) is 4.31 Å². The van der Waals surface area contributed by atoms with Crippen LogP contribution in [-0.2, 0) is 10.0 Å². The van der Waals surface area contributed by atoms with E-state index < -0.39 is 10.0 Å². The average molecular weight is 446 g/mol. The molecule has 3 aromatic rings. The van der Waals surface area contributed by atoms with E-state index in [0.29, 0.717) is 11.3 Å². The molecule has 5 heteroatoms. The topological polar surface area (TPSA) is 46.6 Å². The van der Waals surface area contributed by atoms with E-state index in [9.17, 15) is 8.42 Å². The average Bonchev–Trinajstić information content (AvgIpc) is 3.04. The zero-order valence-corrected chi connectivity index (χ0v) is 19.4. The summed E-state index contributed by atoms with van der Waals surface area (Å²) in [6, 6.07) is 23.1. The van der Waals surface area contributed by atoms with Crippen molar-refractivity contribution in [1.29, 1.82) is 0 Å². The predicted octanol–water partition coefficient (Wildman–Crippen LogP) is 5.83. The quantitative estimate of drug-likeness (QED) is 0.496. The van der Waals surface area contributed by atoms with E-state index >= 15 is 0 Å². The van der Waals surface area contributed by atoms with Gasteiger partial charge in [0.25, 0.3) is 10.0 Å².